The van der Waals surface area contributed by atoms with Crippen LogP contribution < -0.4 is 16.0 Å². The molecule has 3 saturated heterocycles. The molecule has 0 aliphatic carbocycles. The maximum atomic E-state index is 12.0. The molecule has 2 unspecified atom stereocenters. The number of urea groups is 1. The first-order valence-corrected chi connectivity index (χ1v) is 14.2. The van der Waals surface area contributed by atoms with Crippen LogP contribution in [0.4, 0.5) is 4.79 Å². The van der Waals surface area contributed by atoms with Gasteiger partial charge in [0.1, 0.15) is 5.25 Å². The van der Waals surface area contributed by atoms with E-state index in [1.165, 1.54) is 0 Å². The molecule has 3 aliphatic rings. The third-order valence-electron chi connectivity index (χ3n) is 6.10. The number of amides is 5. The van der Waals surface area contributed by atoms with Gasteiger partial charge in [0.05, 0.1) is 29.4 Å². The molecule has 35 heavy (non-hydrogen) atoms. The summed E-state index contributed by atoms with van der Waals surface area (Å²) < 4.78 is 27.5. The first kappa shape index (κ1) is 27.5. The molecule has 0 aromatic carbocycles. The summed E-state index contributed by atoms with van der Waals surface area (Å²) in [5, 5.41) is 7.53. The van der Waals surface area contributed by atoms with E-state index in [1.807, 2.05) is 11.8 Å². The Labute approximate surface area is 208 Å². The number of nitrogens with one attached hydrogen (secondary N) is 3. The molecular weight excluding hydrogens is 504 g/mol. The van der Waals surface area contributed by atoms with Crippen molar-refractivity contribution in [2.24, 2.45) is 0 Å². The van der Waals surface area contributed by atoms with Crippen LogP contribution in [0.15, 0.2) is 0 Å². The van der Waals surface area contributed by atoms with Crippen molar-refractivity contribution in [3.05, 3.63) is 0 Å². The van der Waals surface area contributed by atoms with Gasteiger partial charge in [-0.25, -0.2) is 9.59 Å². The fourth-order valence-electron chi connectivity index (χ4n) is 4.23. The summed E-state index contributed by atoms with van der Waals surface area (Å²) in [4.78, 5) is 63.6. The number of hydrogen-bond acceptors (Lipinski definition) is 10. The number of carbonyl (C=O) groups is 5. The summed E-state index contributed by atoms with van der Waals surface area (Å²) >= 11 is 1.85. The number of unbranched alkanes of at least 4 members (excludes halogenated alkanes) is 3. The highest BCUT2D eigenvalue weighted by Gasteiger charge is 2.49. The van der Waals surface area contributed by atoms with Crippen LogP contribution in [0.3, 0.4) is 0 Å². The van der Waals surface area contributed by atoms with Crippen molar-refractivity contribution in [2.75, 3.05) is 12.3 Å². The fourth-order valence-corrected chi connectivity index (χ4v) is 6.51. The van der Waals surface area contributed by atoms with Crippen LogP contribution in [0, 0.1) is 0 Å². The molecule has 3 aliphatic heterocycles. The van der Waals surface area contributed by atoms with Gasteiger partial charge in [0.2, 0.25) is 5.91 Å². The maximum absolute atomic E-state index is 12.0. The van der Waals surface area contributed by atoms with Crippen LogP contribution in [-0.4, -0.2) is 83.3 Å². The molecule has 4 atom stereocenters. The van der Waals surface area contributed by atoms with Gasteiger partial charge in [-0.1, -0.05) is 12.8 Å². The predicted molar refractivity (Wildman–Crippen MR) is 127 cm³/mol. The van der Waals surface area contributed by atoms with E-state index in [4.69, 9.17) is 4.84 Å². The second-order valence-electron chi connectivity index (χ2n) is 8.77. The van der Waals surface area contributed by atoms with Gasteiger partial charge in [0, 0.05) is 30.4 Å². The number of rotatable bonds is 13. The monoisotopic (exact) mass is 536 g/mol. The van der Waals surface area contributed by atoms with Gasteiger partial charge in [0.15, 0.2) is 0 Å². The Morgan fingerprint density at radius 3 is 2.51 bits per heavy atom. The first-order valence-electron chi connectivity index (χ1n) is 11.6. The van der Waals surface area contributed by atoms with Crippen molar-refractivity contribution in [1.29, 1.82) is 0 Å². The average molecular weight is 537 g/mol. The van der Waals surface area contributed by atoms with E-state index in [0.717, 1.165) is 25.0 Å². The Bertz CT molecular complexity index is 838. The van der Waals surface area contributed by atoms with Gasteiger partial charge in [-0.2, -0.15) is 11.8 Å². The summed E-state index contributed by atoms with van der Waals surface area (Å²) in [6, 6.07) is 0.278. The van der Waals surface area contributed by atoms with E-state index < -0.39 is 40.3 Å². The number of thioether (sulfide) groups is 1. The third kappa shape index (κ3) is 7.70. The van der Waals surface area contributed by atoms with Crippen molar-refractivity contribution >= 4 is 52.4 Å². The minimum atomic E-state index is -4.26. The zero-order chi connectivity index (χ0) is 25.6. The number of imide groups is 1. The van der Waals surface area contributed by atoms with Gasteiger partial charge in [-0.3, -0.25) is 14.4 Å². The lowest BCUT2D eigenvalue weighted by Gasteiger charge is -2.23. The number of hydroxylamine groups is 2. The van der Waals surface area contributed by atoms with E-state index in [0.29, 0.717) is 37.5 Å². The lowest BCUT2D eigenvalue weighted by Crippen LogP contribution is -2.36. The first-order chi connectivity index (χ1) is 16.6. The second kappa shape index (κ2) is 12.3. The Morgan fingerprint density at radius 2 is 1.80 bits per heavy atom. The summed E-state index contributed by atoms with van der Waals surface area (Å²) in [6.45, 7) is 0.465. The SMILES string of the molecule is O=C(CCCCC1SC[C@@H]2NC(=O)N[C@H]12)NCCCCCC(=O)ON1C(=O)CC(S(O)(O)O)C1=O. The molecule has 0 aromatic heterocycles. The Balaban J connectivity index is 1.18. The highest BCUT2D eigenvalue weighted by Crippen LogP contribution is 2.44. The van der Waals surface area contributed by atoms with E-state index >= 15 is 0 Å². The largest absolute Gasteiger partial charge is 0.356 e. The van der Waals surface area contributed by atoms with Crippen LogP contribution in [0.25, 0.3) is 0 Å². The normalized spacial score (nSPS) is 26.4. The van der Waals surface area contributed by atoms with Crippen molar-refractivity contribution in [3.8, 4) is 0 Å². The standard InChI is InChI=1S/C20H32N4O9S2/c25-15(7-4-3-6-13-18-12(11-34-13)22-20(29)23-18)21-9-5-1-2-8-17(27)33-24-16(26)10-14(19(24)28)35(30,31)32/h12-14,18,30-32H,1-11H2,(H,21,25)(H2,22,23,29)/t12-,13?,14?,18-/m0/s1. The van der Waals surface area contributed by atoms with Gasteiger partial charge >= 0.3 is 12.0 Å². The van der Waals surface area contributed by atoms with Crippen molar-refractivity contribution in [3.63, 3.8) is 0 Å². The lowest BCUT2D eigenvalue weighted by atomic mass is 10.0. The smallest absolute Gasteiger partial charge is 0.333 e. The number of hydrogen-bond donors (Lipinski definition) is 6. The molecule has 6 N–H and O–H groups in total. The average Bonchev–Trinajstić information content (AvgIpc) is 3.41. The van der Waals surface area contributed by atoms with Crippen LogP contribution in [0.5, 0.6) is 0 Å². The van der Waals surface area contributed by atoms with Crippen molar-refractivity contribution in [2.45, 2.75) is 80.4 Å². The van der Waals surface area contributed by atoms with E-state index in [9.17, 15) is 37.6 Å². The summed E-state index contributed by atoms with van der Waals surface area (Å²) in [5.41, 5.74) is 0. The molecule has 3 fully saturated rings. The molecule has 3 heterocycles. The van der Waals surface area contributed by atoms with Gasteiger partial charge in [-0.05, 0) is 25.7 Å². The Morgan fingerprint density at radius 1 is 1.06 bits per heavy atom. The van der Waals surface area contributed by atoms with E-state index in [2.05, 4.69) is 16.0 Å². The van der Waals surface area contributed by atoms with Gasteiger partial charge in [0.25, 0.3) is 11.8 Å². The molecule has 15 heteroatoms. The molecule has 198 valence electrons. The molecule has 3 rings (SSSR count). The van der Waals surface area contributed by atoms with Crippen LogP contribution in [0.1, 0.15) is 57.8 Å². The minimum Gasteiger partial charge on any atom is -0.356 e. The van der Waals surface area contributed by atoms with Crippen LogP contribution in [-0.2, 0) is 24.0 Å². The summed E-state index contributed by atoms with van der Waals surface area (Å²) in [5.74, 6) is -2.04. The van der Waals surface area contributed by atoms with E-state index in [-0.39, 0.29) is 35.5 Å². The van der Waals surface area contributed by atoms with Crippen LogP contribution in [0.2, 0.25) is 0 Å². The summed E-state index contributed by atoms with van der Waals surface area (Å²) in [6.07, 6.45) is 4.01. The molecule has 0 aromatic rings. The highest BCUT2D eigenvalue weighted by atomic mass is 32.3. The minimum absolute atomic E-state index is 0.0346. The number of nitrogens with zero attached hydrogens (tertiary/aromatic N) is 1. The van der Waals surface area contributed by atoms with Crippen molar-refractivity contribution in [1.82, 2.24) is 21.0 Å². The Kier molecular flexibility index (Phi) is 9.63. The molecule has 0 radical (unpaired) electrons. The lowest BCUT2D eigenvalue weighted by molar-refractivity contribution is -0.197. The zero-order valence-electron chi connectivity index (χ0n) is 19.1. The third-order valence-corrected chi connectivity index (χ3v) is 8.74. The number of carbonyl (C=O) groups excluding carboxylic acids is 5. The molecule has 5 amide bonds. The quantitative estimate of drug-likeness (QED) is 0.113. The van der Waals surface area contributed by atoms with E-state index in [1.54, 1.807) is 0 Å². The molecule has 0 saturated carbocycles. The molecular formula is C20H32N4O9S2. The summed E-state index contributed by atoms with van der Waals surface area (Å²) in [7, 11) is -4.26. The maximum Gasteiger partial charge on any atom is 0.333 e. The predicted octanol–water partition coefficient (Wildman–Crippen LogP) is 1.20. The molecule has 0 spiro atoms. The zero-order valence-corrected chi connectivity index (χ0v) is 20.8. The molecule has 0 bridgehead atoms. The van der Waals surface area contributed by atoms with Crippen molar-refractivity contribution < 1.29 is 42.5 Å². The molecule has 13 nitrogen and oxygen atoms in total. The number of fused-ring (bicyclic) bond motifs is 1. The van der Waals surface area contributed by atoms with Crippen LogP contribution >= 0.6 is 22.6 Å². The van der Waals surface area contributed by atoms with Gasteiger partial charge in [-0.15, -0.1) is 5.06 Å². The topological polar surface area (TPSA) is 195 Å². The second-order valence-corrected chi connectivity index (χ2v) is 11.7. The van der Waals surface area contributed by atoms with Gasteiger partial charge < -0.3 is 34.4 Å². The Hall–Kier alpha value is -2.07. The fraction of sp³-hybridized carbons (Fsp3) is 0.750. The highest BCUT2D eigenvalue weighted by molar-refractivity contribution is 8.20.